The van der Waals surface area contributed by atoms with Gasteiger partial charge in [0.05, 0.1) is 0 Å². The molecule has 0 N–H and O–H groups in total. The predicted molar refractivity (Wildman–Crippen MR) is 73.8 cm³/mol. The number of benzene rings is 2. The molecular weight excluding hydrogens is 301 g/mol. The standard InChI is InChI=1S/C16H10ClF3O/c17-10-7-5-9(6-8-10)13(18)16(20)14(19)11-3-1-2-4-12(11)15(16)21/h1-8,13-14H. The molecule has 0 heterocycles. The zero-order chi connectivity index (χ0) is 15.2. The van der Waals surface area contributed by atoms with Gasteiger partial charge in [0.15, 0.2) is 12.3 Å². The highest BCUT2D eigenvalue weighted by molar-refractivity contribution is 6.30. The van der Waals surface area contributed by atoms with E-state index in [0.29, 0.717) is 5.02 Å². The van der Waals surface area contributed by atoms with Crippen molar-refractivity contribution in [3.63, 3.8) is 0 Å². The molecule has 2 aromatic rings. The van der Waals surface area contributed by atoms with Gasteiger partial charge in [0.2, 0.25) is 11.5 Å². The lowest BCUT2D eigenvalue weighted by atomic mass is 9.89. The van der Waals surface area contributed by atoms with Crippen molar-refractivity contribution in [3.8, 4) is 0 Å². The summed E-state index contributed by atoms with van der Waals surface area (Å²) in [5.74, 6) is -1.16. The van der Waals surface area contributed by atoms with Crippen LogP contribution in [0.25, 0.3) is 0 Å². The first-order chi connectivity index (χ1) is 9.96. The van der Waals surface area contributed by atoms with Crippen molar-refractivity contribution in [2.45, 2.75) is 18.0 Å². The molecule has 0 amide bonds. The van der Waals surface area contributed by atoms with Gasteiger partial charge >= 0.3 is 0 Å². The summed E-state index contributed by atoms with van der Waals surface area (Å²) in [6, 6.07) is 10.8. The number of carbonyl (C=O) groups excluding carboxylic acids is 1. The lowest BCUT2D eigenvalue weighted by molar-refractivity contribution is -0.00135. The maximum Gasteiger partial charge on any atom is 0.243 e. The third kappa shape index (κ3) is 1.97. The highest BCUT2D eigenvalue weighted by Gasteiger charge is 2.60. The van der Waals surface area contributed by atoms with Gasteiger partial charge in [-0.25, -0.2) is 13.2 Å². The van der Waals surface area contributed by atoms with Crippen LogP contribution in [0.1, 0.15) is 33.8 Å². The van der Waals surface area contributed by atoms with Crippen LogP contribution in [-0.2, 0) is 0 Å². The molecule has 0 saturated carbocycles. The van der Waals surface area contributed by atoms with Crippen LogP contribution in [0.3, 0.4) is 0 Å². The van der Waals surface area contributed by atoms with Gasteiger partial charge in [-0.2, -0.15) is 0 Å². The Kier molecular flexibility index (Phi) is 3.29. The van der Waals surface area contributed by atoms with E-state index in [1.54, 1.807) is 0 Å². The smallest absolute Gasteiger partial charge is 0.243 e. The molecule has 0 fully saturated rings. The minimum absolute atomic E-state index is 0.107. The Balaban J connectivity index is 2.05. The van der Waals surface area contributed by atoms with Crippen molar-refractivity contribution >= 4 is 17.4 Å². The quantitative estimate of drug-likeness (QED) is 0.765. The Hall–Kier alpha value is -1.81. The van der Waals surface area contributed by atoms with Crippen LogP contribution in [0.4, 0.5) is 13.2 Å². The minimum Gasteiger partial charge on any atom is -0.290 e. The van der Waals surface area contributed by atoms with Crippen LogP contribution in [0, 0.1) is 0 Å². The van der Waals surface area contributed by atoms with Crippen molar-refractivity contribution in [3.05, 3.63) is 70.2 Å². The fourth-order valence-corrected chi connectivity index (χ4v) is 2.72. The Morgan fingerprint density at radius 2 is 1.71 bits per heavy atom. The first-order valence-electron chi connectivity index (χ1n) is 6.32. The largest absolute Gasteiger partial charge is 0.290 e. The first kappa shape index (κ1) is 14.1. The molecule has 21 heavy (non-hydrogen) atoms. The molecule has 1 aliphatic rings. The average molecular weight is 311 g/mol. The molecule has 2 aromatic carbocycles. The summed E-state index contributed by atoms with van der Waals surface area (Å²) in [6.07, 6.45) is -4.73. The number of fused-ring (bicyclic) bond motifs is 1. The summed E-state index contributed by atoms with van der Waals surface area (Å²) in [4.78, 5) is 12.1. The number of Topliss-reactive ketones (excluding diaryl/α,β-unsaturated/α-hetero) is 1. The Morgan fingerprint density at radius 3 is 2.33 bits per heavy atom. The molecule has 3 unspecified atom stereocenters. The highest BCUT2D eigenvalue weighted by Crippen LogP contribution is 2.52. The maximum absolute atomic E-state index is 14.9. The van der Waals surface area contributed by atoms with Crippen molar-refractivity contribution < 1.29 is 18.0 Å². The van der Waals surface area contributed by atoms with E-state index in [4.69, 9.17) is 11.6 Å². The molecule has 5 heteroatoms. The van der Waals surface area contributed by atoms with E-state index in [-0.39, 0.29) is 16.7 Å². The van der Waals surface area contributed by atoms with Crippen LogP contribution in [0.2, 0.25) is 5.02 Å². The summed E-state index contributed by atoms with van der Waals surface area (Å²) < 4.78 is 43.9. The summed E-state index contributed by atoms with van der Waals surface area (Å²) in [5, 5.41) is 0.344. The zero-order valence-corrected chi connectivity index (χ0v) is 11.4. The van der Waals surface area contributed by atoms with Gasteiger partial charge in [-0.15, -0.1) is 0 Å². The van der Waals surface area contributed by atoms with E-state index in [0.717, 1.165) is 0 Å². The highest BCUT2D eigenvalue weighted by atomic mass is 35.5. The van der Waals surface area contributed by atoms with E-state index >= 15 is 0 Å². The van der Waals surface area contributed by atoms with Crippen LogP contribution < -0.4 is 0 Å². The Morgan fingerprint density at radius 1 is 1.10 bits per heavy atom. The molecule has 108 valence electrons. The monoisotopic (exact) mass is 310 g/mol. The fraction of sp³-hybridized carbons (Fsp3) is 0.188. The third-order valence-electron chi connectivity index (χ3n) is 3.73. The van der Waals surface area contributed by atoms with Gasteiger partial charge in [-0.3, -0.25) is 4.79 Å². The van der Waals surface area contributed by atoms with E-state index < -0.39 is 23.8 Å². The van der Waals surface area contributed by atoms with E-state index in [2.05, 4.69) is 0 Å². The number of halogens is 4. The van der Waals surface area contributed by atoms with Gasteiger partial charge in [-0.1, -0.05) is 48.0 Å². The van der Waals surface area contributed by atoms with Crippen LogP contribution in [0.5, 0.6) is 0 Å². The maximum atomic E-state index is 14.9. The lowest BCUT2D eigenvalue weighted by Crippen LogP contribution is -2.37. The Labute approximate surface area is 124 Å². The van der Waals surface area contributed by atoms with Gasteiger partial charge < -0.3 is 0 Å². The second-order valence-corrected chi connectivity index (χ2v) is 5.40. The Bertz CT molecular complexity index is 701. The molecule has 1 nitrogen and oxygen atoms in total. The van der Waals surface area contributed by atoms with Gasteiger partial charge in [0.1, 0.15) is 0 Å². The number of alkyl halides is 3. The van der Waals surface area contributed by atoms with Gasteiger partial charge in [-0.05, 0) is 17.7 Å². The zero-order valence-electron chi connectivity index (χ0n) is 10.7. The molecule has 0 bridgehead atoms. The predicted octanol–water partition coefficient (Wildman–Crippen LogP) is 4.97. The molecule has 3 atom stereocenters. The van der Waals surface area contributed by atoms with Crippen molar-refractivity contribution in [2.75, 3.05) is 0 Å². The van der Waals surface area contributed by atoms with Crippen LogP contribution >= 0.6 is 11.6 Å². The van der Waals surface area contributed by atoms with Gasteiger partial charge in [0.25, 0.3) is 0 Å². The topological polar surface area (TPSA) is 17.1 Å². The summed E-state index contributed by atoms with van der Waals surface area (Å²) in [6.45, 7) is 0. The molecule has 0 radical (unpaired) electrons. The lowest BCUT2D eigenvalue weighted by Gasteiger charge is -2.25. The van der Waals surface area contributed by atoms with Crippen LogP contribution in [0.15, 0.2) is 48.5 Å². The first-order valence-corrected chi connectivity index (χ1v) is 6.70. The second-order valence-electron chi connectivity index (χ2n) is 4.96. The number of ketones is 1. The number of carbonyl (C=O) groups is 1. The van der Waals surface area contributed by atoms with Crippen molar-refractivity contribution in [2.24, 2.45) is 0 Å². The van der Waals surface area contributed by atoms with E-state index in [1.165, 1.54) is 48.5 Å². The number of hydrogen-bond donors (Lipinski definition) is 0. The molecule has 1 aliphatic carbocycles. The third-order valence-corrected chi connectivity index (χ3v) is 3.98. The fourth-order valence-electron chi connectivity index (χ4n) is 2.59. The number of rotatable bonds is 2. The molecule has 3 rings (SSSR count). The molecule has 0 aromatic heterocycles. The van der Waals surface area contributed by atoms with Crippen molar-refractivity contribution in [1.82, 2.24) is 0 Å². The molecule has 0 saturated heterocycles. The van der Waals surface area contributed by atoms with E-state index in [1.807, 2.05) is 0 Å². The van der Waals surface area contributed by atoms with E-state index in [9.17, 15) is 18.0 Å². The SMILES string of the molecule is O=C1c2ccccc2C(F)C1(F)C(F)c1ccc(Cl)cc1. The summed E-state index contributed by atoms with van der Waals surface area (Å²) in [5.41, 5.74) is -3.58. The normalized spacial score (nSPS) is 25.7. The van der Waals surface area contributed by atoms with Crippen LogP contribution in [-0.4, -0.2) is 11.5 Å². The van der Waals surface area contributed by atoms with Crippen molar-refractivity contribution in [1.29, 1.82) is 0 Å². The summed E-state index contributed by atoms with van der Waals surface area (Å²) >= 11 is 5.68. The molecule has 0 spiro atoms. The average Bonchev–Trinajstić information content (AvgIpc) is 2.71. The number of hydrogen-bond acceptors (Lipinski definition) is 1. The van der Waals surface area contributed by atoms with Gasteiger partial charge in [0, 0.05) is 16.1 Å². The minimum atomic E-state index is -3.24. The molecular formula is C16H10ClF3O. The molecule has 0 aliphatic heterocycles. The summed E-state index contributed by atoms with van der Waals surface area (Å²) in [7, 11) is 0. The second kappa shape index (κ2) is 4.88.